The van der Waals surface area contributed by atoms with Gasteiger partial charge in [0.1, 0.15) is 11.2 Å². The summed E-state index contributed by atoms with van der Waals surface area (Å²) in [5.41, 5.74) is 1.49. The quantitative estimate of drug-likeness (QED) is 0.458. The van der Waals surface area contributed by atoms with Gasteiger partial charge in [-0.1, -0.05) is 23.5 Å². The first-order valence-corrected chi connectivity index (χ1v) is 10.2. The van der Waals surface area contributed by atoms with Gasteiger partial charge in [0.15, 0.2) is 10.8 Å². The number of hydrogen-bond acceptors (Lipinski definition) is 6. The van der Waals surface area contributed by atoms with Gasteiger partial charge >= 0.3 is 0 Å². The highest BCUT2D eigenvalue weighted by Crippen LogP contribution is 2.25. The average molecular weight is 434 g/mol. The summed E-state index contributed by atoms with van der Waals surface area (Å²) in [5.74, 6) is -0.604. The molecule has 3 aromatic heterocycles. The summed E-state index contributed by atoms with van der Waals surface area (Å²) in [5, 5.41) is 7.81. The zero-order valence-electron chi connectivity index (χ0n) is 16.0. The molecular formula is C21H15FN6O2S. The number of para-hydroxylation sites is 1. The van der Waals surface area contributed by atoms with Crippen molar-refractivity contribution in [2.24, 2.45) is 0 Å². The van der Waals surface area contributed by atoms with E-state index in [-0.39, 0.29) is 30.2 Å². The molecule has 0 bridgehead atoms. The van der Waals surface area contributed by atoms with Crippen LogP contribution in [-0.4, -0.2) is 30.2 Å². The topological polar surface area (TPSA) is 94.7 Å². The lowest BCUT2D eigenvalue weighted by Gasteiger charge is -2.06. The molecule has 2 aromatic carbocycles. The maximum Gasteiger partial charge on any atom is 0.264 e. The Morgan fingerprint density at radius 3 is 2.74 bits per heavy atom. The van der Waals surface area contributed by atoms with Crippen molar-refractivity contribution in [1.29, 1.82) is 0 Å². The monoisotopic (exact) mass is 434 g/mol. The zero-order valence-corrected chi connectivity index (χ0v) is 16.8. The molecular weight excluding hydrogens is 419 g/mol. The fourth-order valence-corrected chi connectivity index (χ4v) is 4.09. The van der Waals surface area contributed by atoms with Crippen molar-refractivity contribution < 1.29 is 9.18 Å². The molecule has 3 heterocycles. The number of hydrogen-bond donors (Lipinski definition) is 1. The molecule has 31 heavy (non-hydrogen) atoms. The molecule has 0 saturated carbocycles. The van der Waals surface area contributed by atoms with Crippen LogP contribution in [0.1, 0.15) is 6.42 Å². The lowest BCUT2D eigenvalue weighted by atomic mass is 10.3. The van der Waals surface area contributed by atoms with Crippen molar-refractivity contribution in [2.75, 3.05) is 5.32 Å². The van der Waals surface area contributed by atoms with E-state index in [1.165, 1.54) is 45.2 Å². The van der Waals surface area contributed by atoms with Crippen LogP contribution in [0.15, 0.2) is 65.8 Å². The van der Waals surface area contributed by atoms with Gasteiger partial charge in [0.05, 0.1) is 28.4 Å². The summed E-state index contributed by atoms with van der Waals surface area (Å²) in [7, 11) is 0. The van der Waals surface area contributed by atoms with Crippen molar-refractivity contribution in [3.05, 3.63) is 77.2 Å². The number of thiazole rings is 1. The maximum atomic E-state index is 13.2. The van der Waals surface area contributed by atoms with Gasteiger partial charge in [0.2, 0.25) is 5.91 Å². The van der Waals surface area contributed by atoms with Gasteiger partial charge in [-0.3, -0.25) is 14.2 Å². The molecule has 0 aliphatic carbocycles. The second-order valence-corrected chi connectivity index (χ2v) is 7.83. The smallest absolute Gasteiger partial charge is 0.264 e. The Labute approximate surface area is 178 Å². The molecule has 0 aliphatic rings. The van der Waals surface area contributed by atoms with E-state index in [4.69, 9.17) is 0 Å². The van der Waals surface area contributed by atoms with E-state index < -0.39 is 0 Å². The lowest BCUT2D eigenvalue weighted by Crippen LogP contribution is -2.23. The molecule has 5 aromatic rings. The van der Waals surface area contributed by atoms with Crippen LogP contribution in [0.3, 0.4) is 0 Å². The number of amides is 1. The van der Waals surface area contributed by atoms with Crippen molar-refractivity contribution in [3.63, 3.8) is 0 Å². The SMILES string of the molecule is O=C(CCn1cnc2c(cnn2-c2ccc(F)cc2)c1=O)Nc1nc2ccccc2s1. The van der Waals surface area contributed by atoms with Crippen molar-refractivity contribution in [1.82, 2.24) is 24.3 Å². The first kappa shape index (κ1) is 19.1. The maximum absolute atomic E-state index is 13.2. The average Bonchev–Trinajstić information content (AvgIpc) is 3.38. The summed E-state index contributed by atoms with van der Waals surface area (Å²) < 4.78 is 17.0. The molecule has 1 N–H and O–H groups in total. The molecule has 0 fully saturated rings. The van der Waals surface area contributed by atoms with Crippen LogP contribution in [0.2, 0.25) is 0 Å². The van der Waals surface area contributed by atoms with Crippen molar-refractivity contribution >= 4 is 43.6 Å². The summed E-state index contributed by atoms with van der Waals surface area (Å²) >= 11 is 1.40. The molecule has 0 spiro atoms. The van der Waals surface area contributed by atoms with Gasteiger partial charge in [-0.2, -0.15) is 5.10 Å². The Balaban J connectivity index is 1.32. The number of anilines is 1. The van der Waals surface area contributed by atoms with Gasteiger partial charge in [-0.05, 0) is 36.4 Å². The Bertz CT molecular complexity index is 1440. The molecule has 5 rings (SSSR count). The van der Waals surface area contributed by atoms with Gasteiger partial charge in [0.25, 0.3) is 5.56 Å². The minimum atomic E-state index is -0.361. The molecule has 0 saturated heterocycles. The Kier molecular flexibility index (Phi) is 4.75. The molecule has 0 aliphatic heterocycles. The highest BCUT2D eigenvalue weighted by Gasteiger charge is 2.13. The fraction of sp³-hybridized carbons (Fsp3) is 0.0952. The third-order valence-corrected chi connectivity index (χ3v) is 5.70. The van der Waals surface area contributed by atoms with Crippen LogP contribution in [0.4, 0.5) is 9.52 Å². The number of aromatic nitrogens is 5. The van der Waals surface area contributed by atoms with Crippen LogP contribution in [0, 0.1) is 5.82 Å². The van der Waals surface area contributed by atoms with Crippen LogP contribution in [0.5, 0.6) is 0 Å². The first-order valence-electron chi connectivity index (χ1n) is 9.43. The molecule has 0 unspecified atom stereocenters. The number of halogens is 1. The van der Waals surface area contributed by atoms with Crippen LogP contribution in [-0.2, 0) is 11.3 Å². The van der Waals surface area contributed by atoms with E-state index in [1.54, 1.807) is 12.1 Å². The minimum absolute atomic E-state index is 0.0924. The summed E-state index contributed by atoms with van der Waals surface area (Å²) in [6, 6.07) is 13.4. The standard InChI is InChI=1S/C21H15FN6O2S/c22-13-5-7-14(8-6-13)28-19-15(11-24-28)20(30)27(12-23-19)10-9-18(29)26-21-25-16-3-1-2-4-17(16)31-21/h1-8,11-12H,9-10H2,(H,25,26,29). The predicted octanol–water partition coefficient (Wildman–Crippen LogP) is 3.36. The molecule has 154 valence electrons. The molecule has 0 atom stereocenters. The van der Waals surface area contributed by atoms with Gasteiger partial charge in [-0.25, -0.2) is 19.0 Å². The van der Waals surface area contributed by atoms with E-state index in [9.17, 15) is 14.0 Å². The molecule has 10 heteroatoms. The normalized spacial score (nSPS) is 11.3. The number of carbonyl (C=O) groups excluding carboxylic acids is 1. The van der Waals surface area contributed by atoms with Gasteiger partial charge in [0, 0.05) is 13.0 Å². The van der Waals surface area contributed by atoms with E-state index in [0.29, 0.717) is 21.9 Å². The Morgan fingerprint density at radius 1 is 1.13 bits per heavy atom. The number of rotatable bonds is 5. The summed E-state index contributed by atoms with van der Waals surface area (Å²) in [6.45, 7) is 0.167. The Morgan fingerprint density at radius 2 is 1.94 bits per heavy atom. The number of carbonyl (C=O) groups is 1. The number of aryl methyl sites for hydroxylation is 1. The van der Waals surface area contributed by atoms with Crippen LogP contribution >= 0.6 is 11.3 Å². The largest absolute Gasteiger partial charge is 0.302 e. The minimum Gasteiger partial charge on any atom is -0.302 e. The summed E-state index contributed by atoms with van der Waals surface area (Å²) in [6.07, 6.45) is 2.90. The highest BCUT2D eigenvalue weighted by atomic mass is 32.1. The van der Waals surface area contributed by atoms with Crippen LogP contribution in [0.25, 0.3) is 26.9 Å². The predicted molar refractivity (Wildman–Crippen MR) is 116 cm³/mol. The number of benzene rings is 2. The van der Waals surface area contributed by atoms with E-state index in [2.05, 4.69) is 20.4 Å². The van der Waals surface area contributed by atoms with Crippen molar-refractivity contribution in [2.45, 2.75) is 13.0 Å². The van der Waals surface area contributed by atoms with Crippen molar-refractivity contribution in [3.8, 4) is 5.69 Å². The third-order valence-electron chi connectivity index (χ3n) is 4.75. The van der Waals surface area contributed by atoms with Crippen LogP contribution < -0.4 is 10.9 Å². The number of fused-ring (bicyclic) bond motifs is 2. The molecule has 0 radical (unpaired) electrons. The van der Waals surface area contributed by atoms with Gasteiger partial charge < -0.3 is 5.32 Å². The Hall–Kier alpha value is -3.92. The highest BCUT2D eigenvalue weighted by molar-refractivity contribution is 7.22. The summed E-state index contributed by atoms with van der Waals surface area (Å²) in [4.78, 5) is 33.8. The lowest BCUT2D eigenvalue weighted by molar-refractivity contribution is -0.116. The first-order chi connectivity index (χ1) is 15.1. The molecule has 8 nitrogen and oxygen atoms in total. The third kappa shape index (κ3) is 3.68. The fourth-order valence-electron chi connectivity index (χ4n) is 3.21. The van der Waals surface area contributed by atoms with Gasteiger partial charge in [-0.15, -0.1) is 0 Å². The second-order valence-electron chi connectivity index (χ2n) is 6.80. The molecule has 1 amide bonds. The number of nitrogens with one attached hydrogen (secondary N) is 1. The van der Waals surface area contributed by atoms with E-state index >= 15 is 0 Å². The van der Waals surface area contributed by atoms with E-state index in [0.717, 1.165) is 10.2 Å². The zero-order chi connectivity index (χ0) is 21.4. The number of nitrogens with zero attached hydrogens (tertiary/aromatic N) is 5. The van der Waals surface area contributed by atoms with E-state index in [1.807, 2.05) is 24.3 Å². The second kappa shape index (κ2) is 7.73.